The van der Waals surface area contributed by atoms with E-state index in [1.54, 1.807) is 35.9 Å². The van der Waals surface area contributed by atoms with Crippen molar-refractivity contribution in [3.63, 3.8) is 0 Å². The maximum absolute atomic E-state index is 13.0. The predicted octanol–water partition coefficient (Wildman–Crippen LogP) is 2.38. The molecule has 1 atom stereocenters. The van der Waals surface area contributed by atoms with Gasteiger partial charge in [-0.25, -0.2) is 4.90 Å². The van der Waals surface area contributed by atoms with Gasteiger partial charge in [0.25, 0.3) is 6.17 Å². The molecule has 1 unspecified atom stereocenters. The van der Waals surface area contributed by atoms with Crippen molar-refractivity contribution in [2.45, 2.75) is 18.2 Å². The topological polar surface area (TPSA) is 88.4 Å². The Balaban J connectivity index is 2.09. The summed E-state index contributed by atoms with van der Waals surface area (Å²) < 4.78 is 12.5. The molecule has 1 amide bonds. The molecule has 4 rings (SSSR count). The smallest absolute Gasteiger partial charge is 0.325 e. The molecule has 30 heavy (non-hydrogen) atoms. The summed E-state index contributed by atoms with van der Waals surface area (Å²) in [7, 11) is 3.13. The van der Waals surface area contributed by atoms with Crippen LogP contribution in [0.1, 0.15) is 18.7 Å². The Hall–Kier alpha value is -3.33. The molecule has 1 aliphatic rings. The predicted molar refractivity (Wildman–Crippen MR) is 113 cm³/mol. The van der Waals surface area contributed by atoms with Gasteiger partial charge < -0.3 is 9.47 Å². The number of H-pyrrole nitrogens is 1. The van der Waals surface area contributed by atoms with Gasteiger partial charge in [0, 0.05) is 18.1 Å². The molecule has 0 saturated heterocycles. The van der Waals surface area contributed by atoms with Crippen molar-refractivity contribution in [1.82, 2.24) is 10.1 Å². The van der Waals surface area contributed by atoms with Gasteiger partial charge in [-0.2, -0.15) is 0 Å². The summed E-state index contributed by atoms with van der Waals surface area (Å²) in [6, 6.07) is 12.7. The molecule has 154 valence electrons. The van der Waals surface area contributed by atoms with Crippen molar-refractivity contribution < 1.29 is 19.0 Å². The number of hydrogen-bond donors (Lipinski definition) is 1. The number of nitrogens with one attached hydrogen (secondary N) is 1. The van der Waals surface area contributed by atoms with Gasteiger partial charge in [0.1, 0.15) is 11.5 Å². The van der Waals surface area contributed by atoms with Crippen molar-refractivity contribution in [3.8, 4) is 22.8 Å². The van der Waals surface area contributed by atoms with E-state index in [4.69, 9.17) is 9.47 Å². The number of nitrogens with zero attached hydrogens (tertiary/aromatic N) is 3. The molecule has 0 radical (unpaired) electrons. The minimum absolute atomic E-state index is 0.184. The molecule has 9 heteroatoms. The standard InChI is InChI=1S/C21H20N4O4S/c1-12(26)24-16-8-6-5-7-14(16)18-19(27)22-21(30-4)23-25(18)20(24)15-10-9-13(28-2)11-17(15)29-3/h5-11,20H,1-4H3/p+1. The van der Waals surface area contributed by atoms with E-state index >= 15 is 0 Å². The van der Waals surface area contributed by atoms with Gasteiger partial charge in [-0.3, -0.25) is 14.6 Å². The molecule has 0 fully saturated rings. The first-order valence-corrected chi connectivity index (χ1v) is 10.4. The van der Waals surface area contributed by atoms with Gasteiger partial charge >= 0.3 is 11.3 Å². The van der Waals surface area contributed by atoms with Crippen molar-refractivity contribution in [2.75, 3.05) is 25.4 Å². The number of aromatic nitrogens is 3. The van der Waals surface area contributed by atoms with E-state index in [0.717, 1.165) is 0 Å². The quantitative estimate of drug-likeness (QED) is 0.510. The lowest BCUT2D eigenvalue weighted by Gasteiger charge is -2.31. The molecule has 3 aromatic rings. The summed E-state index contributed by atoms with van der Waals surface area (Å²) in [5, 5.41) is 5.09. The van der Waals surface area contributed by atoms with Crippen LogP contribution in [0.25, 0.3) is 11.3 Å². The fraction of sp³-hybridized carbons (Fsp3) is 0.238. The van der Waals surface area contributed by atoms with Crippen LogP contribution in [0.5, 0.6) is 11.5 Å². The maximum Gasteiger partial charge on any atom is 0.325 e. The number of fused-ring (bicyclic) bond motifs is 3. The van der Waals surface area contributed by atoms with Crippen LogP contribution in [-0.4, -0.2) is 36.5 Å². The molecule has 1 N–H and O–H groups in total. The number of methoxy groups -OCH3 is 2. The lowest BCUT2D eigenvalue weighted by atomic mass is 10.0. The first-order chi connectivity index (χ1) is 14.5. The highest BCUT2D eigenvalue weighted by Crippen LogP contribution is 2.40. The van der Waals surface area contributed by atoms with E-state index in [2.05, 4.69) is 10.1 Å². The second-order valence-electron chi connectivity index (χ2n) is 6.64. The molecule has 8 nitrogen and oxygen atoms in total. The number of carbonyl (C=O) groups is 1. The van der Waals surface area contributed by atoms with Gasteiger partial charge in [0.05, 0.1) is 31.0 Å². The number of hydrogen-bond acceptors (Lipinski definition) is 6. The van der Waals surface area contributed by atoms with Crippen molar-refractivity contribution in [3.05, 3.63) is 58.4 Å². The number of carbonyl (C=O) groups excluding carboxylic acids is 1. The zero-order valence-electron chi connectivity index (χ0n) is 17.0. The van der Waals surface area contributed by atoms with Gasteiger partial charge in [-0.1, -0.05) is 23.9 Å². The third-order valence-electron chi connectivity index (χ3n) is 5.01. The summed E-state index contributed by atoms with van der Waals surface area (Å²) in [6.45, 7) is 1.49. The fourth-order valence-electron chi connectivity index (χ4n) is 3.72. The van der Waals surface area contributed by atoms with Crippen molar-refractivity contribution in [2.24, 2.45) is 0 Å². The molecular formula is C21H21N4O4S+. The van der Waals surface area contributed by atoms with Gasteiger partial charge in [0.2, 0.25) is 11.1 Å². The number of thioether (sulfide) groups is 1. The first-order valence-electron chi connectivity index (χ1n) is 9.21. The highest BCUT2D eigenvalue weighted by molar-refractivity contribution is 7.98. The number of para-hydroxylation sites is 1. The summed E-state index contributed by atoms with van der Waals surface area (Å²) >= 11 is 1.32. The van der Waals surface area contributed by atoms with E-state index in [0.29, 0.717) is 39.2 Å². The Bertz CT molecular complexity index is 1190. The van der Waals surface area contributed by atoms with Crippen molar-refractivity contribution >= 4 is 23.4 Å². The lowest BCUT2D eigenvalue weighted by Crippen LogP contribution is -2.60. The third kappa shape index (κ3) is 3.11. The number of anilines is 1. The maximum atomic E-state index is 13.0. The Morgan fingerprint density at radius 3 is 2.63 bits per heavy atom. The zero-order chi connectivity index (χ0) is 21.4. The van der Waals surface area contributed by atoms with Gasteiger partial charge in [0.15, 0.2) is 0 Å². The normalized spacial score (nSPS) is 14.7. The van der Waals surface area contributed by atoms with Gasteiger partial charge in [-0.05, 0) is 35.2 Å². The van der Waals surface area contributed by atoms with E-state index in [9.17, 15) is 9.59 Å². The second-order valence-corrected chi connectivity index (χ2v) is 7.44. The molecular weight excluding hydrogens is 404 g/mol. The fourth-order valence-corrected chi connectivity index (χ4v) is 4.08. The number of aromatic amines is 1. The number of amides is 1. The zero-order valence-corrected chi connectivity index (χ0v) is 17.8. The van der Waals surface area contributed by atoms with Crippen LogP contribution >= 0.6 is 11.8 Å². The molecule has 1 aromatic heterocycles. The Morgan fingerprint density at radius 1 is 1.20 bits per heavy atom. The number of rotatable bonds is 4. The van der Waals surface area contributed by atoms with Crippen LogP contribution in [0, 0.1) is 0 Å². The lowest BCUT2D eigenvalue weighted by molar-refractivity contribution is -0.763. The highest BCUT2D eigenvalue weighted by atomic mass is 32.2. The monoisotopic (exact) mass is 425 g/mol. The molecule has 2 aromatic carbocycles. The molecule has 0 aliphatic carbocycles. The van der Waals surface area contributed by atoms with Crippen LogP contribution in [0.15, 0.2) is 52.4 Å². The van der Waals surface area contributed by atoms with Crippen LogP contribution in [0.2, 0.25) is 0 Å². The number of ether oxygens (including phenoxy) is 2. The van der Waals surface area contributed by atoms with Crippen LogP contribution < -0.4 is 24.6 Å². The van der Waals surface area contributed by atoms with Gasteiger partial charge in [-0.15, -0.1) is 0 Å². The third-order valence-corrected chi connectivity index (χ3v) is 5.58. The minimum Gasteiger partial charge on any atom is -0.497 e. The minimum atomic E-state index is -0.707. The Kier molecular flexibility index (Phi) is 5.21. The second kappa shape index (κ2) is 7.83. The molecule has 1 aliphatic heterocycles. The Labute approximate surface area is 177 Å². The average molecular weight is 425 g/mol. The summed E-state index contributed by atoms with van der Waals surface area (Å²) in [5.74, 6) is 0.961. The van der Waals surface area contributed by atoms with Crippen molar-refractivity contribution in [1.29, 1.82) is 0 Å². The van der Waals surface area contributed by atoms with E-state index in [-0.39, 0.29) is 11.5 Å². The molecule has 0 saturated carbocycles. The van der Waals surface area contributed by atoms with Crippen LogP contribution in [-0.2, 0) is 4.79 Å². The van der Waals surface area contributed by atoms with Crippen LogP contribution in [0.4, 0.5) is 5.69 Å². The molecule has 0 spiro atoms. The largest absolute Gasteiger partial charge is 0.497 e. The first kappa shape index (κ1) is 20.0. The SMILES string of the molecule is COc1ccc(C2N(C(C)=O)c3ccccc3-c3c(=O)[nH]c(SC)n[n+]32)c(OC)c1. The molecule has 0 bridgehead atoms. The molecule has 2 heterocycles. The average Bonchev–Trinajstić information content (AvgIpc) is 2.77. The summed E-state index contributed by atoms with van der Waals surface area (Å²) in [4.78, 5) is 30.3. The number of benzene rings is 2. The van der Waals surface area contributed by atoms with Crippen LogP contribution in [0.3, 0.4) is 0 Å². The van der Waals surface area contributed by atoms with E-state index in [1.807, 2.05) is 36.6 Å². The highest BCUT2D eigenvalue weighted by Gasteiger charge is 2.46. The summed E-state index contributed by atoms with van der Waals surface area (Å²) in [5.41, 5.74) is 2.06. The van der Waals surface area contributed by atoms with E-state index in [1.165, 1.54) is 18.7 Å². The van der Waals surface area contributed by atoms with E-state index < -0.39 is 6.17 Å². The summed E-state index contributed by atoms with van der Waals surface area (Å²) in [6.07, 6.45) is 1.12. The Morgan fingerprint density at radius 2 is 1.97 bits per heavy atom.